The Balaban J connectivity index is 1.57. The number of amides is 2. The number of para-hydroxylation sites is 1. The van der Waals surface area contributed by atoms with Gasteiger partial charge in [-0.25, -0.2) is 5.43 Å². The summed E-state index contributed by atoms with van der Waals surface area (Å²) in [5, 5.41) is 17.3. The van der Waals surface area contributed by atoms with Crippen molar-refractivity contribution in [1.29, 1.82) is 0 Å². The highest BCUT2D eigenvalue weighted by Gasteiger charge is 2.12. The number of hydrogen-bond acceptors (Lipinski definition) is 6. The zero-order valence-corrected chi connectivity index (χ0v) is 20.0. The number of anilines is 1. The topological polar surface area (TPSA) is 123 Å². The van der Waals surface area contributed by atoms with Gasteiger partial charge in [-0.15, -0.1) is 0 Å². The molecule has 3 aromatic carbocycles. The summed E-state index contributed by atoms with van der Waals surface area (Å²) >= 11 is 6.80. The van der Waals surface area contributed by atoms with Gasteiger partial charge in [0.1, 0.15) is 5.75 Å². The van der Waals surface area contributed by atoms with Gasteiger partial charge in [0.2, 0.25) is 0 Å². The molecule has 0 aliphatic carbocycles. The number of carbonyl (C=O) groups excluding carboxylic acids is 2. The number of nitro benzene ring substituents is 1. The highest BCUT2D eigenvalue weighted by atomic mass is 79.9. The molecule has 3 aromatic rings. The van der Waals surface area contributed by atoms with Crippen LogP contribution in [0.5, 0.6) is 5.75 Å². The van der Waals surface area contributed by atoms with E-state index in [-0.39, 0.29) is 23.8 Å². The van der Waals surface area contributed by atoms with Crippen LogP contribution in [0.3, 0.4) is 0 Å². The Morgan fingerprint density at radius 1 is 1.03 bits per heavy atom. The van der Waals surface area contributed by atoms with Crippen LogP contribution in [0.2, 0.25) is 0 Å². The number of rotatable bonds is 8. The minimum atomic E-state index is -0.543. The van der Waals surface area contributed by atoms with Crippen molar-refractivity contribution in [3.05, 3.63) is 96.9 Å². The maximum Gasteiger partial charge on any atom is 0.271 e. The van der Waals surface area contributed by atoms with Crippen LogP contribution >= 0.6 is 31.9 Å². The van der Waals surface area contributed by atoms with Gasteiger partial charge in [0.25, 0.3) is 17.5 Å². The minimum Gasteiger partial charge on any atom is -0.481 e. The van der Waals surface area contributed by atoms with Crippen molar-refractivity contribution < 1.29 is 19.2 Å². The van der Waals surface area contributed by atoms with Gasteiger partial charge < -0.3 is 10.1 Å². The molecule has 0 bridgehead atoms. The van der Waals surface area contributed by atoms with Gasteiger partial charge >= 0.3 is 0 Å². The SMILES string of the molecule is O=C(COc1c(Br)cc(/C=N/NC(=O)c2ccc([N+](=O)[O-])cc2)cc1Br)Nc1ccccc1. The van der Waals surface area contributed by atoms with E-state index in [1.54, 1.807) is 24.3 Å². The number of halogens is 2. The molecule has 0 unspecified atom stereocenters. The average molecular weight is 576 g/mol. The summed E-state index contributed by atoms with van der Waals surface area (Å²) < 4.78 is 6.77. The second kappa shape index (κ2) is 11.3. The molecule has 11 heteroatoms. The molecule has 0 saturated carbocycles. The first kappa shape index (κ1) is 24.1. The molecule has 0 spiro atoms. The molecule has 0 aromatic heterocycles. The van der Waals surface area contributed by atoms with Crippen LogP contribution in [0.15, 0.2) is 80.8 Å². The molecule has 0 saturated heterocycles. The quantitative estimate of drug-likeness (QED) is 0.225. The first-order valence-electron chi connectivity index (χ1n) is 9.38. The average Bonchev–Trinajstić information content (AvgIpc) is 2.79. The molecule has 33 heavy (non-hydrogen) atoms. The number of nitrogens with zero attached hydrogens (tertiary/aromatic N) is 2. The summed E-state index contributed by atoms with van der Waals surface area (Å²) in [5.41, 5.74) is 3.80. The Morgan fingerprint density at radius 3 is 2.27 bits per heavy atom. The van der Waals surface area contributed by atoms with E-state index in [9.17, 15) is 19.7 Å². The normalized spacial score (nSPS) is 10.6. The zero-order chi connectivity index (χ0) is 23.8. The lowest BCUT2D eigenvalue weighted by Crippen LogP contribution is -2.20. The fourth-order valence-electron chi connectivity index (χ4n) is 2.61. The molecule has 0 heterocycles. The number of carbonyl (C=O) groups is 2. The standard InChI is InChI=1S/C22H16Br2N4O5/c23-18-10-14(12-25-27-22(30)15-6-8-17(9-7-15)28(31)32)11-19(24)21(18)33-13-20(29)26-16-4-2-1-3-5-16/h1-12H,13H2,(H,26,29)(H,27,30)/b25-12+. The van der Waals surface area contributed by atoms with Crippen LogP contribution in [0.1, 0.15) is 15.9 Å². The second-order valence-electron chi connectivity index (χ2n) is 6.52. The van der Waals surface area contributed by atoms with E-state index in [1.807, 2.05) is 18.2 Å². The van der Waals surface area contributed by atoms with Crippen molar-refractivity contribution in [1.82, 2.24) is 5.43 Å². The maximum absolute atomic E-state index is 12.1. The van der Waals surface area contributed by atoms with E-state index < -0.39 is 10.8 Å². The third kappa shape index (κ3) is 6.96. The van der Waals surface area contributed by atoms with Crippen LogP contribution in [0, 0.1) is 10.1 Å². The number of nitro groups is 1. The lowest BCUT2D eigenvalue weighted by Gasteiger charge is -2.11. The van der Waals surface area contributed by atoms with E-state index in [0.717, 1.165) is 0 Å². The van der Waals surface area contributed by atoms with E-state index in [2.05, 4.69) is 47.7 Å². The van der Waals surface area contributed by atoms with Crippen LogP contribution in [-0.4, -0.2) is 29.6 Å². The number of hydrogen-bond donors (Lipinski definition) is 2. The molecular weight excluding hydrogens is 560 g/mol. The Morgan fingerprint density at radius 2 is 1.67 bits per heavy atom. The highest BCUT2D eigenvalue weighted by Crippen LogP contribution is 2.34. The summed E-state index contributed by atoms with van der Waals surface area (Å²) in [6.45, 7) is -0.190. The summed E-state index contributed by atoms with van der Waals surface area (Å²) in [6.07, 6.45) is 1.42. The maximum atomic E-state index is 12.1. The summed E-state index contributed by atoms with van der Waals surface area (Å²) in [5.74, 6) is -0.381. The first-order valence-corrected chi connectivity index (χ1v) is 11.0. The highest BCUT2D eigenvalue weighted by molar-refractivity contribution is 9.11. The van der Waals surface area contributed by atoms with E-state index in [1.165, 1.54) is 30.5 Å². The predicted molar refractivity (Wildman–Crippen MR) is 131 cm³/mol. The fraction of sp³-hybridized carbons (Fsp3) is 0.0455. The van der Waals surface area contributed by atoms with Crippen LogP contribution in [0.4, 0.5) is 11.4 Å². The molecule has 3 rings (SSSR count). The van der Waals surface area contributed by atoms with Gasteiger partial charge in [0.15, 0.2) is 6.61 Å². The summed E-state index contributed by atoms with van der Waals surface area (Å²) in [7, 11) is 0. The van der Waals surface area contributed by atoms with Gasteiger partial charge in [-0.1, -0.05) is 18.2 Å². The molecule has 168 valence electrons. The van der Waals surface area contributed by atoms with Gasteiger partial charge in [-0.2, -0.15) is 5.10 Å². The Kier molecular flexibility index (Phi) is 8.28. The van der Waals surface area contributed by atoms with Crippen LogP contribution in [-0.2, 0) is 4.79 Å². The lowest BCUT2D eigenvalue weighted by atomic mass is 10.2. The smallest absolute Gasteiger partial charge is 0.271 e. The molecule has 2 N–H and O–H groups in total. The third-order valence-electron chi connectivity index (χ3n) is 4.15. The van der Waals surface area contributed by atoms with Crippen molar-refractivity contribution in [2.75, 3.05) is 11.9 Å². The number of nitrogens with one attached hydrogen (secondary N) is 2. The van der Waals surface area contributed by atoms with Gasteiger partial charge in [-0.3, -0.25) is 19.7 Å². The predicted octanol–water partition coefficient (Wildman–Crippen LogP) is 4.90. The van der Waals surface area contributed by atoms with E-state index in [0.29, 0.717) is 25.9 Å². The van der Waals surface area contributed by atoms with E-state index in [4.69, 9.17) is 4.74 Å². The van der Waals surface area contributed by atoms with Crippen molar-refractivity contribution in [2.45, 2.75) is 0 Å². The van der Waals surface area contributed by atoms with Crippen molar-refractivity contribution in [2.24, 2.45) is 5.10 Å². The molecule has 0 fully saturated rings. The van der Waals surface area contributed by atoms with Crippen molar-refractivity contribution in [3.63, 3.8) is 0 Å². The molecule has 0 radical (unpaired) electrons. The zero-order valence-electron chi connectivity index (χ0n) is 16.8. The Hall–Kier alpha value is -3.57. The van der Waals surface area contributed by atoms with Gasteiger partial charge in [-0.05, 0) is 73.8 Å². The van der Waals surface area contributed by atoms with Crippen LogP contribution < -0.4 is 15.5 Å². The fourth-order valence-corrected chi connectivity index (χ4v) is 4.06. The minimum absolute atomic E-state index is 0.107. The summed E-state index contributed by atoms with van der Waals surface area (Å²) in [6, 6.07) is 17.6. The molecule has 0 aliphatic rings. The lowest BCUT2D eigenvalue weighted by molar-refractivity contribution is -0.384. The monoisotopic (exact) mass is 574 g/mol. The Bertz CT molecular complexity index is 1180. The number of benzene rings is 3. The van der Waals surface area contributed by atoms with Crippen molar-refractivity contribution in [3.8, 4) is 5.75 Å². The molecular formula is C22H16Br2N4O5. The van der Waals surface area contributed by atoms with Crippen LogP contribution in [0.25, 0.3) is 0 Å². The van der Waals surface area contributed by atoms with Gasteiger partial charge in [0.05, 0.1) is 20.1 Å². The van der Waals surface area contributed by atoms with Gasteiger partial charge in [0, 0.05) is 23.4 Å². The summed E-state index contributed by atoms with van der Waals surface area (Å²) in [4.78, 5) is 34.3. The number of non-ortho nitro benzene ring substituents is 1. The number of ether oxygens (including phenoxy) is 1. The molecule has 2 amide bonds. The molecule has 0 atom stereocenters. The Labute approximate surface area is 205 Å². The third-order valence-corrected chi connectivity index (χ3v) is 5.32. The molecule has 9 nitrogen and oxygen atoms in total. The van der Waals surface area contributed by atoms with E-state index >= 15 is 0 Å². The molecule has 0 aliphatic heterocycles. The largest absolute Gasteiger partial charge is 0.481 e. The number of hydrazone groups is 1. The first-order chi connectivity index (χ1) is 15.8. The van der Waals surface area contributed by atoms with Crippen molar-refractivity contribution >= 4 is 61.3 Å². The second-order valence-corrected chi connectivity index (χ2v) is 8.23.